The van der Waals surface area contributed by atoms with E-state index in [0.29, 0.717) is 12.0 Å². The van der Waals surface area contributed by atoms with Crippen molar-refractivity contribution < 1.29 is 10.0 Å². The van der Waals surface area contributed by atoms with Gasteiger partial charge in [-0.25, -0.2) is 0 Å². The molecule has 0 spiro atoms. The molecule has 0 atom stereocenters. The van der Waals surface area contributed by atoms with Gasteiger partial charge >= 0.3 is 7.12 Å². The van der Waals surface area contributed by atoms with Crippen molar-refractivity contribution in [2.45, 2.75) is 6.42 Å². The van der Waals surface area contributed by atoms with Crippen LogP contribution >= 0.6 is 0 Å². The maximum Gasteiger partial charge on any atom is 0.489 e. The first-order valence-corrected chi connectivity index (χ1v) is 5.97. The second kappa shape index (κ2) is 5.82. The molecule has 0 radical (unpaired) electrons. The highest BCUT2D eigenvalue weighted by Crippen LogP contribution is 2.22. The van der Waals surface area contributed by atoms with E-state index in [9.17, 15) is 10.0 Å². The quantitative estimate of drug-likeness (QED) is 0.684. The predicted molar refractivity (Wildman–Crippen MR) is 74.5 cm³/mol. The Bertz CT molecular complexity index is 529. The summed E-state index contributed by atoms with van der Waals surface area (Å²) in [4.78, 5) is 0. The van der Waals surface area contributed by atoms with Crippen LogP contribution in [-0.2, 0) is 6.42 Å². The zero-order valence-corrected chi connectivity index (χ0v) is 10.1. The molecular formula is C14H16BNO2. The van der Waals surface area contributed by atoms with Crippen molar-refractivity contribution in [3.05, 3.63) is 54.1 Å². The van der Waals surface area contributed by atoms with Gasteiger partial charge in [0.2, 0.25) is 0 Å². The standard InChI is InChI=1S/C14H16BNO2/c16-10-9-11-5-1-2-6-12(11)13-7-3-4-8-14(13)15(17)18/h1-8,17-18H,9-10,16H2. The normalized spacial score (nSPS) is 10.4. The van der Waals surface area contributed by atoms with E-state index in [0.717, 1.165) is 23.1 Å². The number of benzene rings is 2. The first kappa shape index (κ1) is 12.8. The molecule has 0 heterocycles. The lowest BCUT2D eigenvalue weighted by Gasteiger charge is -2.13. The molecule has 3 nitrogen and oxygen atoms in total. The van der Waals surface area contributed by atoms with Crippen molar-refractivity contribution in [1.29, 1.82) is 0 Å². The minimum absolute atomic E-state index is 0.516. The monoisotopic (exact) mass is 241 g/mol. The summed E-state index contributed by atoms with van der Waals surface area (Å²) in [5.74, 6) is 0. The first-order chi connectivity index (χ1) is 8.74. The fraction of sp³-hybridized carbons (Fsp3) is 0.143. The van der Waals surface area contributed by atoms with E-state index < -0.39 is 7.12 Å². The molecule has 92 valence electrons. The molecule has 0 amide bonds. The Balaban J connectivity index is 2.55. The Hall–Kier alpha value is -1.62. The lowest BCUT2D eigenvalue weighted by atomic mass is 9.75. The summed E-state index contributed by atoms with van der Waals surface area (Å²) >= 11 is 0. The Kier molecular flexibility index (Phi) is 4.15. The molecule has 0 fully saturated rings. The fourth-order valence-corrected chi connectivity index (χ4v) is 2.12. The first-order valence-electron chi connectivity index (χ1n) is 5.97. The summed E-state index contributed by atoms with van der Waals surface area (Å²) in [6.07, 6.45) is 0.770. The molecule has 0 bridgehead atoms. The summed E-state index contributed by atoms with van der Waals surface area (Å²) in [7, 11) is -1.47. The third-order valence-electron chi connectivity index (χ3n) is 2.96. The van der Waals surface area contributed by atoms with Gasteiger partial charge in [0.25, 0.3) is 0 Å². The van der Waals surface area contributed by atoms with E-state index in [4.69, 9.17) is 5.73 Å². The number of hydrogen-bond donors (Lipinski definition) is 3. The van der Waals surface area contributed by atoms with Gasteiger partial charge in [-0.1, -0.05) is 48.5 Å². The summed E-state index contributed by atoms with van der Waals surface area (Å²) < 4.78 is 0. The van der Waals surface area contributed by atoms with Crippen molar-refractivity contribution in [2.24, 2.45) is 5.73 Å². The van der Waals surface area contributed by atoms with Gasteiger partial charge in [-0.15, -0.1) is 0 Å². The van der Waals surface area contributed by atoms with E-state index in [-0.39, 0.29) is 0 Å². The van der Waals surface area contributed by atoms with Crippen LogP contribution < -0.4 is 11.2 Å². The molecule has 0 saturated heterocycles. The van der Waals surface area contributed by atoms with Crippen molar-refractivity contribution in [1.82, 2.24) is 0 Å². The van der Waals surface area contributed by atoms with Gasteiger partial charge in [0, 0.05) is 0 Å². The third kappa shape index (κ3) is 2.62. The fourth-order valence-electron chi connectivity index (χ4n) is 2.12. The number of nitrogens with two attached hydrogens (primary N) is 1. The Morgan fingerprint density at radius 2 is 1.50 bits per heavy atom. The second-order valence-corrected chi connectivity index (χ2v) is 4.16. The zero-order chi connectivity index (χ0) is 13.0. The minimum Gasteiger partial charge on any atom is -0.423 e. The predicted octanol–water partition coefficient (Wildman–Crippen LogP) is 0.535. The van der Waals surface area contributed by atoms with E-state index in [1.54, 1.807) is 12.1 Å². The Morgan fingerprint density at radius 1 is 0.889 bits per heavy atom. The van der Waals surface area contributed by atoms with Crippen molar-refractivity contribution in [3.63, 3.8) is 0 Å². The van der Waals surface area contributed by atoms with Gasteiger partial charge in [-0.05, 0) is 35.1 Å². The highest BCUT2D eigenvalue weighted by molar-refractivity contribution is 6.60. The molecule has 0 unspecified atom stereocenters. The van der Waals surface area contributed by atoms with Crippen LogP contribution in [0.1, 0.15) is 5.56 Å². The van der Waals surface area contributed by atoms with Crippen LogP contribution in [-0.4, -0.2) is 23.7 Å². The minimum atomic E-state index is -1.47. The summed E-state index contributed by atoms with van der Waals surface area (Å²) in [6, 6.07) is 15.2. The smallest absolute Gasteiger partial charge is 0.423 e. The molecule has 2 rings (SSSR count). The summed E-state index contributed by atoms with van der Waals surface area (Å²) in [5.41, 5.74) is 9.09. The van der Waals surface area contributed by atoms with Crippen LogP contribution in [0.25, 0.3) is 11.1 Å². The summed E-state index contributed by atoms with van der Waals surface area (Å²) in [5, 5.41) is 18.8. The van der Waals surface area contributed by atoms with Crippen LogP contribution in [0.4, 0.5) is 0 Å². The van der Waals surface area contributed by atoms with Gasteiger partial charge in [0.05, 0.1) is 0 Å². The number of rotatable bonds is 4. The Morgan fingerprint density at radius 3 is 2.17 bits per heavy atom. The van der Waals surface area contributed by atoms with Gasteiger partial charge in [-0.2, -0.15) is 0 Å². The highest BCUT2D eigenvalue weighted by Gasteiger charge is 2.17. The van der Waals surface area contributed by atoms with Crippen LogP contribution in [0.5, 0.6) is 0 Å². The second-order valence-electron chi connectivity index (χ2n) is 4.16. The van der Waals surface area contributed by atoms with Crippen LogP contribution in [0, 0.1) is 0 Å². The average molecular weight is 241 g/mol. The van der Waals surface area contributed by atoms with E-state index in [2.05, 4.69) is 0 Å². The number of hydrogen-bond acceptors (Lipinski definition) is 3. The molecule has 2 aromatic carbocycles. The molecule has 2 aromatic rings. The van der Waals surface area contributed by atoms with Crippen molar-refractivity contribution in [2.75, 3.05) is 6.54 Å². The topological polar surface area (TPSA) is 66.5 Å². The van der Waals surface area contributed by atoms with Crippen LogP contribution in [0.15, 0.2) is 48.5 Å². The van der Waals surface area contributed by atoms with E-state index in [1.807, 2.05) is 36.4 Å². The van der Waals surface area contributed by atoms with Gasteiger partial charge in [0.1, 0.15) is 0 Å². The van der Waals surface area contributed by atoms with Crippen LogP contribution in [0.3, 0.4) is 0 Å². The molecule has 0 saturated carbocycles. The third-order valence-corrected chi connectivity index (χ3v) is 2.96. The largest absolute Gasteiger partial charge is 0.489 e. The highest BCUT2D eigenvalue weighted by atomic mass is 16.4. The van der Waals surface area contributed by atoms with E-state index in [1.165, 1.54) is 0 Å². The zero-order valence-electron chi connectivity index (χ0n) is 10.1. The maximum absolute atomic E-state index is 9.42. The van der Waals surface area contributed by atoms with Gasteiger partial charge in [0.15, 0.2) is 0 Å². The molecule has 0 aromatic heterocycles. The molecule has 4 heteroatoms. The molecule has 0 aliphatic rings. The molecule has 0 aliphatic carbocycles. The lowest BCUT2D eigenvalue weighted by Crippen LogP contribution is -2.31. The van der Waals surface area contributed by atoms with Crippen molar-refractivity contribution in [3.8, 4) is 11.1 Å². The maximum atomic E-state index is 9.42. The SMILES string of the molecule is NCCc1ccccc1-c1ccccc1B(O)O. The summed E-state index contributed by atoms with van der Waals surface area (Å²) in [6.45, 7) is 0.570. The van der Waals surface area contributed by atoms with Crippen molar-refractivity contribution >= 4 is 12.6 Å². The Labute approximate surface area is 107 Å². The molecule has 0 aliphatic heterocycles. The van der Waals surface area contributed by atoms with Crippen LogP contribution in [0.2, 0.25) is 0 Å². The molecular weight excluding hydrogens is 225 g/mol. The lowest BCUT2D eigenvalue weighted by molar-refractivity contribution is 0.426. The molecule has 4 N–H and O–H groups in total. The van der Waals surface area contributed by atoms with Gasteiger partial charge < -0.3 is 15.8 Å². The molecule has 18 heavy (non-hydrogen) atoms. The van der Waals surface area contributed by atoms with E-state index >= 15 is 0 Å². The average Bonchev–Trinajstić information content (AvgIpc) is 2.40. The van der Waals surface area contributed by atoms with Gasteiger partial charge in [-0.3, -0.25) is 0 Å².